The third-order valence-electron chi connectivity index (χ3n) is 4.35. The quantitative estimate of drug-likeness (QED) is 0.719. The second-order valence-electron chi connectivity index (χ2n) is 6.28. The van der Waals surface area contributed by atoms with Crippen molar-refractivity contribution in [3.05, 3.63) is 35.4 Å². The maximum Gasteiger partial charge on any atom is 0.251 e. The molecule has 126 valence electrons. The van der Waals surface area contributed by atoms with E-state index in [1.54, 1.807) is 12.1 Å². The minimum atomic E-state index is -0.146. The molecule has 0 spiro atoms. The van der Waals surface area contributed by atoms with Crippen molar-refractivity contribution in [3.8, 4) is 0 Å². The zero-order chi connectivity index (χ0) is 16.7. The predicted octanol–water partition coefficient (Wildman–Crippen LogP) is 1.99. The van der Waals surface area contributed by atoms with Crippen LogP contribution in [0.4, 0.5) is 0 Å². The molecule has 1 atom stereocenters. The number of carbonyl (C=O) groups is 2. The standard InChI is InChI=1S/C18H26N2O3/c1-13(10-11-21)20-18(23)16-8-6-14(7-9-16)12-19-17(22)15-4-2-3-5-15/h6-9,13,15,21H,2-5,10-12H2,1H3,(H,19,22)(H,20,23). The van der Waals surface area contributed by atoms with Crippen molar-refractivity contribution < 1.29 is 14.7 Å². The Labute approximate surface area is 137 Å². The van der Waals surface area contributed by atoms with Gasteiger partial charge >= 0.3 is 0 Å². The van der Waals surface area contributed by atoms with Crippen LogP contribution in [0, 0.1) is 5.92 Å². The molecule has 5 nitrogen and oxygen atoms in total. The topological polar surface area (TPSA) is 78.4 Å². The zero-order valence-electron chi connectivity index (χ0n) is 13.7. The van der Waals surface area contributed by atoms with Gasteiger partial charge in [-0.15, -0.1) is 0 Å². The van der Waals surface area contributed by atoms with E-state index in [1.165, 1.54) is 0 Å². The first-order valence-corrected chi connectivity index (χ1v) is 8.38. The summed E-state index contributed by atoms with van der Waals surface area (Å²) in [6.07, 6.45) is 4.83. The van der Waals surface area contributed by atoms with Gasteiger partial charge in [0.05, 0.1) is 0 Å². The SMILES string of the molecule is CC(CCO)NC(=O)c1ccc(CNC(=O)C2CCCC2)cc1. The monoisotopic (exact) mass is 318 g/mol. The third kappa shape index (κ3) is 5.36. The second kappa shape index (κ2) is 8.67. The number of aliphatic hydroxyl groups is 1. The van der Waals surface area contributed by atoms with Crippen LogP contribution in [0.25, 0.3) is 0 Å². The summed E-state index contributed by atoms with van der Waals surface area (Å²) in [6.45, 7) is 2.42. The number of carbonyl (C=O) groups excluding carboxylic acids is 2. The van der Waals surface area contributed by atoms with E-state index in [4.69, 9.17) is 5.11 Å². The van der Waals surface area contributed by atoms with E-state index in [0.29, 0.717) is 18.5 Å². The fraction of sp³-hybridized carbons (Fsp3) is 0.556. The molecule has 0 bridgehead atoms. The lowest BCUT2D eigenvalue weighted by Crippen LogP contribution is -2.33. The van der Waals surface area contributed by atoms with Gasteiger partial charge in [0.15, 0.2) is 0 Å². The average molecular weight is 318 g/mol. The van der Waals surface area contributed by atoms with Gasteiger partial charge in [0.1, 0.15) is 0 Å². The van der Waals surface area contributed by atoms with Gasteiger partial charge in [-0.2, -0.15) is 0 Å². The zero-order valence-corrected chi connectivity index (χ0v) is 13.7. The number of benzene rings is 1. The highest BCUT2D eigenvalue weighted by Gasteiger charge is 2.22. The van der Waals surface area contributed by atoms with Gasteiger partial charge < -0.3 is 15.7 Å². The first kappa shape index (κ1) is 17.5. The number of rotatable bonds is 7. The van der Waals surface area contributed by atoms with Crippen molar-refractivity contribution in [2.24, 2.45) is 5.92 Å². The van der Waals surface area contributed by atoms with Gasteiger partial charge in [-0.05, 0) is 43.9 Å². The van der Waals surface area contributed by atoms with Crippen LogP contribution in [0.1, 0.15) is 54.9 Å². The highest BCUT2D eigenvalue weighted by molar-refractivity contribution is 5.94. The van der Waals surface area contributed by atoms with Gasteiger partial charge in [-0.25, -0.2) is 0 Å². The van der Waals surface area contributed by atoms with Crippen LogP contribution >= 0.6 is 0 Å². The molecule has 2 rings (SSSR count). The maximum absolute atomic E-state index is 12.0. The average Bonchev–Trinajstić information content (AvgIpc) is 3.07. The summed E-state index contributed by atoms with van der Waals surface area (Å²) in [5, 5.41) is 14.7. The van der Waals surface area contributed by atoms with E-state index in [1.807, 2.05) is 19.1 Å². The van der Waals surface area contributed by atoms with Crippen molar-refractivity contribution >= 4 is 11.8 Å². The number of nitrogens with one attached hydrogen (secondary N) is 2. The summed E-state index contributed by atoms with van der Waals surface area (Å²) in [5.74, 6) is 0.169. The second-order valence-corrected chi connectivity index (χ2v) is 6.28. The molecule has 0 aromatic heterocycles. The summed E-state index contributed by atoms with van der Waals surface area (Å²) >= 11 is 0. The lowest BCUT2D eigenvalue weighted by molar-refractivity contribution is -0.124. The van der Waals surface area contributed by atoms with Gasteiger partial charge in [0, 0.05) is 30.7 Å². The Kier molecular flexibility index (Phi) is 6.59. The van der Waals surface area contributed by atoms with Crippen LogP contribution in [0.5, 0.6) is 0 Å². The van der Waals surface area contributed by atoms with Crippen LogP contribution in [-0.4, -0.2) is 29.6 Å². The van der Waals surface area contributed by atoms with E-state index in [-0.39, 0.29) is 30.4 Å². The first-order chi connectivity index (χ1) is 11.1. The highest BCUT2D eigenvalue weighted by Crippen LogP contribution is 2.24. The molecule has 0 heterocycles. The van der Waals surface area contributed by atoms with Crippen molar-refractivity contribution in [1.82, 2.24) is 10.6 Å². The van der Waals surface area contributed by atoms with Gasteiger partial charge in [-0.1, -0.05) is 25.0 Å². The molecule has 23 heavy (non-hydrogen) atoms. The molecular formula is C18H26N2O3. The fourth-order valence-electron chi connectivity index (χ4n) is 2.87. The van der Waals surface area contributed by atoms with Crippen molar-refractivity contribution in [2.75, 3.05) is 6.61 Å². The number of hydrogen-bond acceptors (Lipinski definition) is 3. The minimum Gasteiger partial charge on any atom is -0.396 e. The molecule has 1 aliphatic carbocycles. The molecule has 1 saturated carbocycles. The fourth-order valence-corrected chi connectivity index (χ4v) is 2.87. The Balaban J connectivity index is 1.81. The molecule has 5 heteroatoms. The van der Waals surface area contributed by atoms with E-state index in [0.717, 1.165) is 31.2 Å². The molecule has 0 aliphatic heterocycles. The molecule has 3 N–H and O–H groups in total. The summed E-state index contributed by atoms with van der Waals surface area (Å²) in [6, 6.07) is 7.19. The molecule has 1 aliphatic rings. The maximum atomic E-state index is 12.0. The van der Waals surface area contributed by atoms with E-state index in [9.17, 15) is 9.59 Å². The number of hydrogen-bond donors (Lipinski definition) is 3. The van der Waals surface area contributed by atoms with Crippen molar-refractivity contribution in [1.29, 1.82) is 0 Å². The molecule has 1 unspecified atom stereocenters. The Morgan fingerprint density at radius 2 is 1.87 bits per heavy atom. The van der Waals surface area contributed by atoms with Crippen LogP contribution < -0.4 is 10.6 Å². The summed E-state index contributed by atoms with van der Waals surface area (Å²) in [4.78, 5) is 24.0. The molecule has 2 amide bonds. The van der Waals surface area contributed by atoms with Crippen molar-refractivity contribution in [2.45, 2.75) is 51.6 Å². The Hall–Kier alpha value is -1.88. The van der Waals surface area contributed by atoms with E-state index < -0.39 is 0 Å². The van der Waals surface area contributed by atoms with Crippen LogP contribution in [0.15, 0.2) is 24.3 Å². The third-order valence-corrected chi connectivity index (χ3v) is 4.35. The van der Waals surface area contributed by atoms with Gasteiger partial charge in [0.25, 0.3) is 5.91 Å². The highest BCUT2D eigenvalue weighted by atomic mass is 16.3. The molecule has 1 aromatic carbocycles. The van der Waals surface area contributed by atoms with Crippen LogP contribution in [-0.2, 0) is 11.3 Å². The van der Waals surface area contributed by atoms with Gasteiger partial charge in [-0.3, -0.25) is 9.59 Å². The number of amides is 2. The van der Waals surface area contributed by atoms with E-state index >= 15 is 0 Å². The lowest BCUT2D eigenvalue weighted by Gasteiger charge is -2.13. The summed E-state index contributed by atoms with van der Waals surface area (Å²) in [7, 11) is 0. The summed E-state index contributed by atoms with van der Waals surface area (Å²) < 4.78 is 0. The first-order valence-electron chi connectivity index (χ1n) is 8.38. The Morgan fingerprint density at radius 1 is 1.22 bits per heavy atom. The van der Waals surface area contributed by atoms with Gasteiger partial charge in [0.2, 0.25) is 5.91 Å². The van der Waals surface area contributed by atoms with Crippen LogP contribution in [0.3, 0.4) is 0 Å². The number of aliphatic hydroxyl groups excluding tert-OH is 1. The molecular weight excluding hydrogens is 292 g/mol. The molecule has 0 radical (unpaired) electrons. The van der Waals surface area contributed by atoms with Crippen LogP contribution in [0.2, 0.25) is 0 Å². The van der Waals surface area contributed by atoms with Crippen molar-refractivity contribution in [3.63, 3.8) is 0 Å². The molecule has 1 fully saturated rings. The van der Waals surface area contributed by atoms with E-state index in [2.05, 4.69) is 10.6 Å². The molecule has 0 saturated heterocycles. The minimum absolute atomic E-state index is 0.0566. The Bertz CT molecular complexity index is 522. The molecule has 1 aromatic rings. The predicted molar refractivity (Wildman–Crippen MR) is 88.9 cm³/mol. The largest absolute Gasteiger partial charge is 0.396 e. The Morgan fingerprint density at radius 3 is 2.48 bits per heavy atom. The summed E-state index contributed by atoms with van der Waals surface area (Å²) in [5.41, 5.74) is 1.57. The lowest BCUT2D eigenvalue weighted by atomic mass is 10.1. The normalized spacial score (nSPS) is 16.1. The smallest absolute Gasteiger partial charge is 0.251 e.